The zero-order chi connectivity index (χ0) is 11.4. The van der Waals surface area contributed by atoms with E-state index in [9.17, 15) is 9.90 Å². The maximum Gasteiger partial charge on any atom is 0.326 e. The van der Waals surface area contributed by atoms with Crippen LogP contribution in [-0.4, -0.2) is 29.8 Å². The first-order valence-corrected chi connectivity index (χ1v) is 5.39. The largest absolute Gasteiger partial charge is 0.460 e. The van der Waals surface area contributed by atoms with Crippen LogP contribution in [0.4, 0.5) is 0 Å². The van der Waals surface area contributed by atoms with Crippen LogP contribution >= 0.6 is 0 Å². The molecule has 0 spiro atoms. The fourth-order valence-electron chi connectivity index (χ4n) is 1.75. The summed E-state index contributed by atoms with van der Waals surface area (Å²) in [5.74, 6) is -0.381. The molecule has 4 nitrogen and oxygen atoms in total. The lowest BCUT2D eigenvalue weighted by atomic mass is 10.2. The van der Waals surface area contributed by atoms with E-state index >= 15 is 0 Å². The number of esters is 1. The molecule has 86 valence electrons. The zero-order valence-corrected chi connectivity index (χ0v) is 8.93. The predicted octanol–water partition coefficient (Wildman–Crippen LogP) is 0.453. The number of hydrogen-bond acceptors (Lipinski definition) is 4. The fourth-order valence-corrected chi connectivity index (χ4v) is 1.75. The SMILES string of the molecule is O=C(OCc1ccccc1)[C@H]1NCC[C@@H]1O. The van der Waals surface area contributed by atoms with Gasteiger partial charge in [-0.05, 0) is 18.5 Å². The Bertz CT molecular complexity index is 353. The van der Waals surface area contributed by atoms with Crippen LogP contribution in [0, 0.1) is 0 Å². The molecular formula is C12H15NO3. The maximum atomic E-state index is 11.6. The van der Waals surface area contributed by atoms with Gasteiger partial charge in [0.1, 0.15) is 12.6 Å². The van der Waals surface area contributed by atoms with E-state index in [-0.39, 0.29) is 12.6 Å². The van der Waals surface area contributed by atoms with Gasteiger partial charge in [0.15, 0.2) is 0 Å². The number of rotatable bonds is 3. The highest BCUT2D eigenvalue weighted by atomic mass is 16.5. The summed E-state index contributed by atoms with van der Waals surface area (Å²) in [5.41, 5.74) is 0.948. The summed E-state index contributed by atoms with van der Waals surface area (Å²) in [5, 5.41) is 12.4. The molecule has 1 heterocycles. The predicted molar refractivity (Wildman–Crippen MR) is 58.7 cm³/mol. The fraction of sp³-hybridized carbons (Fsp3) is 0.417. The molecule has 16 heavy (non-hydrogen) atoms. The summed E-state index contributed by atoms with van der Waals surface area (Å²) < 4.78 is 5.12. The Morgan fingerprint density at radius 1 is 1.44 bits per heavy atom. The lowest BCUT2D eigenvalue weighted by molar-refractivity contribution is -0.149. The van der Waals surface area contributed by atoms with E-state index in [0.29, 0.717) is 13.0 Å². The number of carbonyl (C=O) groups excluding carboxylic acids is 1. The highest BCUT2D eigenvalue weighted by molar-refractivity contribution is 5.77. The molecule has 1 aromatic carbocycles. The van der Waals surface area contributed by atoms with Gasteiger partial charge < -0.3 is 15.2 Å². The third-order valence-corrected chi connectivity index (χ3v) is 2.67. The van der Waals surface area contributed by atoms with Crippen LogP contribution in [0.5, 0.6) is 0 Å². The molecule has 0 bridgehead atoms. The number of benzene rings is 1. The standard InChI is InChI=1S/C12H15NO3/c14-10-6-7-13-11(10)12(15)16-8-9-4-2-1-3-5-9/h1-5,10-11,13-14H,6-8H2/t10-,11-/m0/s1. The molecule has 2 N–H and O–H groups in total. The molecule has 1 aromatic rings. The molecule has 0 radical (unpaired) electrons. The van der Waals surface area contributed by atoms with Crippen molar-refractivity contribution in [2.45, 2.75) is 25.2 Å². The van der Waals surface area contributed by atoms with Gasteiger partial charge in [-0.3, -0.25) is 4.79 Å². The molecule has 0 aromatic heterocycles. The minimum absolute atomic E-state index is 0.255. The number of hydrogen-bond donors (Lipinski definition) is 2. The van der Waals surface area contributed by atoms with E-state index in [4.69, 9.17) is 4.74 Å². The first-order valence-electron chi connectivity index (χ1n) is 5.39. The molecule has 1 aliphatic rings. The number of aliphatic hydroxyl groups is 1. The third kappa shape index (κ3) is 2.59. The molecule has 1 aliphatic heterocycles. The van der Waals surface area contributed by atoms with E-state index in [2.05, 4.69) is 5.32 Å². The summed E-state index contributed by atoms with van der Waals surface area (Å²) in [4.78, 5) is 11.6. The van der Waals surface area contributed by atoms with Crippen molar-refractivity contribution in [3.8, 4) is 0 Å². The van der Waals surface area contributed by atoms with Crippen LogP contribution in [-0.2, 0) is 16.1 Å². The molecule has 2 atom stereocenters. The molecule has 1 saturated heterocycles. The van der Waals surface area contributed by atoms with Crippen LogP contribution in [0.2, 0.25) is 0 Å². The number of carbonyl (C=O) groups is 1. The monoisotopic (exact) mass is 221 g/mol. The Hall–Kier alpha value is -1.39. The van der Waals surface area contributed by atoms with Crippen molar-refractivity contribution in [1.82, 2.24) is 5.32 Å². The molecule has 0 unspecified atom stereocenters. The topological polar surface area (TPSA) is 58.6 Å². The Kier molecular flexibility index (Phi) is 3.54. The second-order valence-electron chi connectivity index (χ2n) is 3.88. The molecule has 1 fully saturated rings. The second kappa shape index (κ2) is 5.09. The van der Waals surface area contributed by atoms with Crippen molar-refractivity contribution in [2.24, 2.45) is 0 Å². The summed E-state index contributed by atoms with van der Waals surface area (Å²) in [6.07, 6.45) is -0.0197. The van der Waals surface area contributed by atoms with E-state index < -0.39 is 12.1 Å². The quantitative estimate of drug-likeness (QED) is 0.728. The van der Waals surface area contributed by atoms with Gasteiger partial charge in [-0.25, -0.2) is 0 Å². The highest BCUT2D eigenvalue weighted by Crippen LogP contribution is 2.09. The van der Waals surface area contributed by atoms with Gasteiger partial charge in [-0.2, -0.15) is 0 Å². The maximum absolute atomic E-state index is 11.6. The Morgan fingerprint density at radius 3 is 2.81 bits per heavy atom. The third-order valence-electron chi connectivity index (χ3n) is 2.67. The van der Waals surface area contributed by atoms with Gasteiger partial charge in [0.2, 0.25) is 0 Å². The summed E-state index contributed by atoms with van der Waals surface area (Å²) in [6, 6.07) is 8.92. The number of aliphatic hydroxyl groups excluding tert-OH is 1. The van der Waals surface area contributed by atoms with Crippen LogP contribution in [0.1, 0.15) is 12.0 Å². The highest BCUT2D eigenvalue weighted by Gasteiger charge is 2.32. The normalized spacial score (nSPS) is 24.3. The average molecular weight is 221 g/mol. The molecule has 0 amide bonds. The Labute approximate surface area is 94.2 Å². The van der Waals surface area contributed by atoms with Crippen LogP contribution < -0.4 is 5.32 Å². The van der Waals surface area contributed by atoms with E-state index in [0.717, 1.165) is 5.56 Å². The smallest absolute Gasteiger partial charge is 0.326 e. The van der Waals surface area contributed by atoms with Crippen LogP contribution in [0.25, 0.3) is 0 Å². The number of nitrogens with one attached hydrogen (secondary N) is 1. The molecule has 4 heteroatoms. The summed E-state index contributed by atoms with van der Waals surface area (Å²) >= 11 is 0. The van der Waals surface area contributed by atoms with E-state index in [1.165, 1.54) is 0 Å². The lowest BCUT2D eigenvalue weighted by Crippen LogP contribution is -2.39. The lowest BCUT2D eigenvalue weighted by Gasteiger charge is -2.13. The van der Waals surface area contributed by atoms with Crippen molar-refractivity contribution in [1.29, 1.82) is 0 Å². The summed E-state index contributed by atoms with van der Waals surface area (Å²) in [7, 11) is 0. The second-order valence-corrected chi connectivity index (χ2v) is 3.88. The molecule has 0 saturated carbocycles. The first-order chi connectivity index (χ1) is 7.77. The Balaban J connectivity index is 1.84. The number of ether oxygens (including phenoxy) is 1. The van der Waals surface area contributed by atoms with Crippen molar-refractivity contribution in [2.75, 3.05) is 6.54 Å². The van der Waals surface area contributed by atoms with E-state index in [1.807, 2.05) is 30.3 Å². The minimum Gasteiger partial charge on any atom is -0.460 e. The van der Waals surface area contributed by atoms with Gasteiger partial charge in [0, 0.05) is 0 Å². The van der Waals surface area contributed by atoms with Crippen molar-refractivity contribution >= 4 is 5.97 Å². The van der Waals surface area contributed by atoms with E-state index in [1.54, 1.807) is 0 Å². The zero-order valence-electron chi connectivity index (χ0n) is 8.93. The summed E-state index contributed by atoms with van der Waals surface area (Å²) in [6.45, 7) is 0.914. The van der Waals surface area contributed by atoms with Gasteiger partial charge in [-0.1, -0.05) is 30.3 Å². The van der Waals surface area contributed by atoms with Crippen molar-refractivity contribution < 1.29 is 14.6 Å². The van der Waals surface area contributed by atoms with Crippen molar-refractivity contribution in [3.05, 3.63) is 35.9 Å². The van der Waals surface area contributed by atoms with Crippen molar-refractivity contribution in [3.63, 3.8) is 0 Å². The van der Waals surface area contributed by atoms with Gasteiger partial charge in [-0.15, -0.1) is 0 Å². The molecule has 0 aliphatic carbocycles. The van der Waals surface area contributed by atoms with Crippen LogP contribution in [0.3, 0.4) is 0 Å². The van der Waals surface area contributed by atoms with Gasteiger partial charge in [0.25, 0.3) is 0 Å². The Morgan fingerprint density at radius 2 is 2.19 bits per heavy atom. The minimum atomic E-state index is -0.622. The van der Waals surface area contributed by atoms with Gasteiger partial charge in [0.05, 0.1) is 6.10 Å². The molecule has 2 rings (SSSR count). The average Bonchev–Trinajstić information content (AvgIpc) is 2.74. The first kappa shape index (κ1) is 11.1. The van der Waals surface area contributed by atoms with Gasteiger partial charge >= 0.3 is 5.97 Å². The molecular weight excluding hydrogens is 206 g/mol. The van der Waals surface area contributed by atoms with Crippen LogP contribution in [0.15, 0.2) is 30.3 Å².